The molecule has 2 atom stereocenters. The molecule has 0 fully saturated rings. The molecular formula is C6H14ClNO3. The molecule has 5 heteroatoms. The van der Waals surface area contributed by atoms with Gasteiger partial charge in [0, 0.05) is 0 Å². The Kier molecular flexibility index (Phi) is 7.72. The number of aliphatic hydroxyl groups is 1. The van der Waals surface area contributed by atoms with Crippen molar-refractivity contribution < 1.29 is 15.0 Å². The number of carboxylic acid groups (broad SMARTS) is 1. The van der Waals surface area contributed by atoms with Crippen molar-refractivity contribution in [2.75, 3.05) is 0 Å². The molecule has 0 aliphatic rings. The van der Waals surface area contributed by atoms with Crippen LogP contribution in [0.5, 0.6) is 0 Å². The molecule has 0 aliphatic carbocycles. The fraction of sp³-hybridized carbons (Fsp3) is 0.833. The molecule has 0 aromatic carbocycles. The Morgan fingerprint density at radius 3 is 2.36 bits per heavy atom. The van der Waals surface area contributed by atoms with Crippen LogP contribution in [0, 0.1) is 0 Å². The highest BCUT2D eigenvalue weighted by atomic mass is 35.5. The first-order chi connectivity index (χ1) is 4.59. The Labute approximate surface area is 71.8 Å². The maximum Gasteiger partial charge on any atom is 0.323 e. The Bertz CT molecular complexity index is 120. The summed E-state index contributed by atoms with van der Waals surface area (Å²) in [6, 6.07) is -1.14. The highest BCUT2D eigenvalue weighted by Crippen LogP contribution is 1.99. The van der Waals surface area contributed by atoms with Crippen LogP contribution >= 0.6 is 12.4 Å². The zero-order valence-electron chi connectivity index (χ0n) is 6.36. The van der Waals surface area contributed by atoms with Gasteiger partial charge in [-0.2, -0.15) is 0 Å². The second kappa shape index (κ2) is 6.39. The minimum Gasteiger partial charge on any atom is -0.480 e. The minimum absolute atomic E-state index is 0. The van der Waals surface area contributed by atoms with E-state index in [1.807, 2.05) is 6.92 Å². The summed E-state index contributed by atoms with van der Waals surface area (Å²) in [6.07, 6.45) is 0.262. The lowest BCUT2D eigenvalue weighted by Gasteiger charge is -2.12. The van der Waals surface area contributed by atoms with Crippen LogP contribution in [-0.2, 0) is 4.79 Å². The van der Waals surface area contributed by atoms with Gasteiger partial charge in [-0.05, 0) is 6.42 Å². The third kappa shape index (κ3) is 5.01. The van der Waals surface area contributed by atoms with Gasteiger partial charge in [-0.1, -0.05) is 13.3 Å². The second-order valence-electron chi connectivity index (χ2n) is 2.22. The van der Waals surface area contributed by atoms with Gasteiger partial charge in [-0.15, -0.1) is 12.4 Å². The summed E-state index contributed by atoms with van der Waals surface area (Å²) in [5.74, 6) is -1.15. The second-order valence-corrected chi connectivity index (χ2v) is 2.22. The number of nitrogens with two attached hydrogens (primary N) is 1. The van der Waals surface area contributed by atoms with Gasteiger partial charge in [-0.25, -0.2) is 0 Å². The van der Waals surface area contributed by atoms with E-state index in [1.54, 1.807) is 0 Å². The monoisotopic (exact) mass is 183 g/mol. The lowest BCUT2D eigenvalue weighted by Crippen LogP contribution is -2.41. The molecule has 0 unspecified atom stereocenters. The van der Waals surface area contributed by atoms with Crippen molar-refractivity contribution in [1.29, 1.82) is 0 Å². The van der Waals surface area contributed by atoms with Gasteiger partial charge in [0.2, 0.25) is 0 Å². The Morgan fingerprint density at radius 1 is 1.64 bits per heavy atom. The maximum atomic E-state index is 10.1. The van der Waals surface area contributed by atoms with Crippen molar-refractivity contribution in [3.8, 4) is 0 Å². The molecule has 4 nitrogen and oxygen atoms in total. The Balaban J connectivity index is 0. The topological polar surface area (TPSA) is 83.5 Å². The molecule has 0 aromatic heterocycles. The summed E-state index contributed by atoms with van der Waals surface area (Å²) in [6.45, 7) is 1.86. The van der Waals surface area contributed by atoms with E-state index in [0.717, 1.165) is 6.42 Å². The zero-order chi connectivity index (χ0) is 8.15. The Morgan fingerprint density at radius 2 is 2.09 bits per heavy atom. The quantitative estimate of drug-likeness (QED) is 0.572. The van der Waals surface area contributed by atoms with E-state index < -0.39 is 18.1 Å². The largest absolute Gasteiger partial charge is 0.480 e. The number of rotatable bonds is 4. The molecule has 0 amide bonds. The number of aliphatic hydroxyl groups excluding tert-OH is 1. The van der Waals surface area contributed by atoms with Crippen molar-refractivity contribution in [3.63, 3.8) is 0 Å². The van der Waals surface area contributed by atoms with Gasteiger partial charge in [-0.3, -0.25) is 4.79 Å². The first-order valence-electron chi connectivity index (χ1n) is 3.26. The van der Waals surface area contributed by atoms with E-state index in [1.165, 1.54) is 0 Å². The van der Waals surface area contributed by atoms with Crippen LogP contribution in [0.4, 0.5) is 0 Å². The lowest BCUT2D eigenvalue weighted by molar-refractivity contribution is -0.141. The highest BCUT2D eigenvalue weighted by Gasteiger charge is 2.20. The average Bonchev–Trinajstić information content (AvgIpc) is 1.87. The van der Waals surface area contributed by atoms with Crippen molar-refractivity contribution in [2.24, 2.45) is 5.73 Å². The van der Waals surface area contributed by atoms with Crippen LogP contribution in [0.1, 0.15) is 19.8 Å². The molecular weight excluding hydrogens is 170 g/mol. The average molecular weight is 184 g/mol. The van der Waals surface area contributed by atoms with E-state index in [4.69, 9.17) is 15.9 Å². The summed E-state index contributed by atoms with van der Waals surface area (Å²) >= 11 is 0. The van der Waals surface area contributed by atoms with Crippen LogP contribution in [0.25, 0.3) is 0 Å². The highest BCUT2D eigenvalue weighted by molar-refractivity contribution is 5.85. The lowest BCUT2D eigenvalue weighted by atomic mass is 10.1. The van der Waals surface area contributed by atoms with Gasteiger partial charge in [0.1, 0.15) is 6.04 Å². The number of carboxylic acids is 1. The summed E-state index contributed by atoms with van der Waals surface area (Å²) in [4.78, 5) is 10.1. The van der Waals surface area contributed by atoms with Crippen LogP contribution in [-0.4, -0.2) is 28.3 Å². The van der Waals surface area contributed by atoms with E-state index in [9.17, 15) is 4.79 Å². The van der Waals surface area contributed by atoms with Crippen molar-refractivity contribution in [3.05, 3.63) is 0 Å². The minimum atomic E-state index is -1.15. The fourth-order valence-corrected chi connectivity index (χ4v) is 0.640. The van der Waals surface area contributed by atoms with Gasteiger partial charge in [0.25, 0.3) is 0 Å². The standard InChI is InChI=1S/C6H13NO3.ClH/c1-2-3-4(8)5(7)6(9)10;/h4-5,8H,2-3,7H2,1H3,(H,9,10);1H/t4-,5+;/m0./s1. The van der Waals surface area contributed by atoms with E-state index in [0.29, 0.717) is 6.42 Å². The van der Waals surface area contributed by atoms with E-state index >= 15 is 0 Å². The van der Waals surface area contributed by atoms with Gasteiger partial charge < -0.3 is 15.9 Å². The summed E-state index contributed by atoms with van der Waals surface area (Å²) in [7, 11) is 0. The van der Waals surface area contributed by atoms with Gasteiger partial charge in [0.15, 0.2) is 0 Å². The van der Waals surface area contributed by atoms with Crippen LogP contribution < -0.4 is 5.73 Å². The van der Waals surface area contributed by atoms with Crippen molar-refractivity contribution in [1.82, 2.24) is 0 Å². The zero-order valence-corrected chi connectivity index (χ0v) is 7.17. The van der Waals surface area contributed by atoms with Crippen LogP contribution in [0.15, 0.2) is 0 Å². The van der Waals surface area contributed by atoms with E-state index in [2.05, 4.69) is 0 Å². The smallest absolute Gasteiger partial charge is 0.323 e. The molecule has 0 spiro atoms. The van der Waals surface area contributed by atoms with Gasteiger partial charge >= 0.3 is 5.97 Å². The molecule has 11 heavy (non-hydrogen) atoms. The molecule has 0 aliphatic heterocycles. The third-order valence-electron chi connectivity index (χ3n) is 1.28. The molecule has 0 rings (SSSR count). The van der Waals surface area contributed by atoms with Gasteiger partial charge in [0.05, 0.1) is 6.10 Å². The molecule has 0 heterocycles. The molecule has 0 saturated heterocycles. The molecule has 0 bridgehead atoms. The number of halogens is 1. The SMILES string of the molecule is CCC[C@H](O)[C@@H](N)C(=O)O.Cl. The maximum absolute atomic E-state index is 10.1. The fourth-order valence-electron chi connectivity index (χ4n) is 0.640. The number of hydrogen-bond donors (Lipinski definition) is 3. The molecule has 0 aromatic rings. The third-order valence-corrected chi connectivity index (χ3v) is 1.28. The number of carbonyl (C=O) groups is 1. The summed E-state index contributed by atoms with van der Waals surface area (Å²) < 4.78 is 0. The molecule has 0 saturated carbocycles. The predicted octanol–water partition coefficient (Wildman–Crippen LogP) is -0.0189. The molecule has 4 N–H and O–H groups in total. The Hall–Kier alpha value is -0.320. The first-order valence-corrected chi connectivity index (χ1v) is 3.26. The van der Waals surface area contributed by atoms with Crippen molar-refractivity contribution in [2.45, 2.75) is 31.9 Å². The predicted molar refractivity (Wildman–Crippen MR) is 43.8 cm³/mol. The normalized spacial score (nSPS) is 14.8. The van der Waals surface area contributed by atoms with Crippen molar-refractivity contribution >= 4 is 18.4 Å². The molecule has 0 radical (unpaired) electrons. The molecule has 68 valence electrons. The van der Waals surface area contributed by atoms with E-state index in [-0.39, 0.29) is 12.4 Å². The first kappa shape index (κ1) is 13.3. The summed E-state index contributed by atoms with van der Waals surface area (Å²) in [5.41, 5.74) is 5.10. The number of hydrogen-bond acceptors (Lipinski definition) is 3. The summed E-state index contributed by atoms with van der Waals surface area (Å²) in [5, 5.41) is 17.3. The van der Waals surface area contributed by atoms with Crippen LogP contribution in [0.3, 0.4) is 0 Å². The van der Waals surface area contributed by atoms with Crippen LogP contribution in [0.2, 0.25) is 0 Å². The number of aliphatic carboxylic acids is 1.